The molecule has 2 fully saturated rings. The minimum Gasteiger partial charge on any atom is -0.383 e. The van der Waals surface area contributed by atoms with Crippen LogP contribution in [0.3, 0.4) is 0 Å². The number of benzene rings is 2. The van der Waals surface area contributed by atoms with E-state index in [9.17, 15) is 9.18 Å². The molecule has 2 saturated heterocycles. The van der Waals surface area contributed by atoms with Crippen LogP contribution in [0.15, 0.2) is 54.7 Å². The first kappa shape index (κ1) is 31.0. The van der Waals surface area contributed by atoms with Crippen LogP contribution in [0.2, 0.25) is 0 Å². The highest BCUT2D eigenvalue weighted by Crippen LogP contribution is 2.38. The van der Waals surface area contributed by atoms with Crippen LogP contribution in [0.25, 0.3) is 11.3 Å². The van der Waals surface area contributed by atoms with Crippen molar-refractivity contribution in [3.8, 4) is 11.3 Å². The molecule has 2 aliphatic rings. The van der Waals surface area contributed by atoms with Crippen LogP contribution in [0, 0.1) is 23.5 Å². The fourth-order valence-electron chi connectivity index (χ4n) is 6.07. The molecule has 4 atom stereocenters. The van der Waals surface area contributed by atoms with Crippen molar-refractivity contribution in [2.24, 2.45) is 11.8 Å². The topological polar surface area (TPSA) is 80.7 Å². The molecule has 0 saturated carbocycles. The Bertz CT molecular complexity index is 1350. The number of ether oxygens (including phenoxy) is 2. The molecule has 232 valence electrons. The number of nitrogens with one attached hydrogen (secondary N) is 2. The summed E-state index contributed by atoms with van der Waals surface area (Å²) in [6.45, 7) is 4.40. The van der Waals surface area contributed by atoms with Gasteiger partial charge in [0.15, 0.2) is 0 Å². The molecule has 2 amide bonds. The van der Waals surface area contributed by atoms with Crippen LogP contribution < -0.4 is 10.6 Å². The zero-order chi connectivity index (χ0) is 30.3. The van der Waals surface area contributed by atoms with Gasteiger partial charge in [0.25, 0.3) is 0 Å². The van der Waals surface area contributed by atoms with Gasteiger partial charge < -0.3 is 29.6 Å². The number of halogens is 3. The summed E-state index contributed by atoms with van der Waals surface area (Å²) in [5.41, 5.74) is 1.28. The quantitative estimate of drug-likeness (QED) is 0.326. The summed E-state index contributed by atoms with van der Waals surface area (Å²) in [4.78, 5) is 20.7. The molecule has 2 aliphatic heterocycles. The van der Waals surface area contributed by atoms with Crippen molar-refractivity contribution >= 4 is 6.03 Å². The van der Waals surface area contributed by atoms with Crippen LogP contribution in [-0.2, 0) is 16.0 Å². The van der Waals surface area contributed by atoms with Crippen LogP contribution >= 0.6 is 0 Å². The Morgan fingerprint density at radius 3 is 2.65 bits per heavy atom. The van der Waals surface area contributed by atoms with Gasteiger partial charge in [0.05, 0.1) is 24.4 Å². The molecule has 2 aromatic carbocycles. The van der Waals surface area contributed by atoms with E-state index in [0.717, 1.165) is 23.8 Å². The van der Waals surface area contributed by atoms with Gasteiger partial charge in [-0.3, -0.25) is 0 Å². The minimum atomic E-state index is -1.11. The van der Waals surface area contributed by atoms with Gasteiger partial charge in [-0.15, -0.1) is 0 Å². The van der Waals surface area contributed by atoms with Gasteiger partial charge in [0.2, 0.25) is 0 Å². The van der Waals surface area contributed by atoms with Crippen LogP contribution in [0.4, 0.5) is 18.0 Å². The maximum atomic E-state index is 15.0. The fraction of sp³-hybridized carbons (Fsp3) is 0.500. The number of nitrogens with zero attached hydrogens (tertiary/aromatic N) is 3. The van der Waals surface area contributed by atoms with Crippen molar-refractivity contribution in [2.45, 2.75) is 44.6 Å². The Balaban J connectivity index is 1.63. The second-order valence-electron chi connectivity index (χ2n) is 11.5. The molecule has 11 heteroatoms. The molecule has 4 unspecified atom stereocenters. The van der Waals surface area contributed by atoms with Crippen LogP contribution in [0.5, 0.6) is 0 Å². The second kappa shape index (κ2) is 14.4. The van der Waals surface area contributed by atoms with Crippen LogP contribution in [0.1, 0.15) is 37.2 Å². The Hall–Kier alpha value is -3.41. The van der Waals surface area contributed by atoms with Gasteiger partial charge in [-0.25, -0.2) is 22.9 Å². The highest BCUT2D eigenvalue weighted by Gasteiger charge is 2.40. The van der Waals surface area contributed by atoms with Crippen molar-refractivity contribution in [3.05, 3.63) is 77.8 Å². The van der Waals surface area contributed by atoms with Crippen molar-refractivity contribution < 1.29 is 27.4 Å². The molecule has 0 radical (unpaired) electrons. The van der Waals surface area contributed by atoms with E-state index in [4.69, 9.17) is 14.5 Å². The lowest BCUT2D eigenvalue weighted by Crippen LogP contribution is -2.51. The smallest absolute Gasteiger partial charge is 0.318 e. The highest BCUT2D eigenvalue weighted by molar-refractivity contribution is 5.75. The normalized spacial score (nSPS) is 20.6. The van der Waals surface area contributed by atoms with Gasteiger partial charge in [-0.2, -0.15) is 0 Å². The third-order valence-electron chi connectivity index (χ3n) is 8.26. The largest absolute Gasteiger partial charge is 0.383 e. The third kappa shape index (κ3) is 7.57. The summed E-state index contributed by atoms with van der Waals surface area (Å²) < 4.78 is 57.2. The average Bonchev–Trinajstić information content (AvgIpc) is 3.60. The van der Waals surface area contributed by atoms with Gasteiger partial charge in [-0.1, -0.05) is 30.3 Å². The lowest BCUT2D eigenvalue weighted by molar-refractivity contribution is 0.0251. The predicted molar refractivity (Wildman–Crippen MR) is 157 cm³/mol. The summed E-state index contributed by atoms with van der Waals surface area (Å²) in [6.07, 6.45) is 1.92. The molecule has 3 heterocycles. The standard InChI is InChI=1S/C32H40F3N5O3/c1-21(20-42-2)37-32(41)40(18-24-15-36-16-28(24)35)30(23-10-12-43-13-11-23)31-38-29(26-14-25(33)8-9-27(26)34)19-39(31)17-22-6-4-3-5-7-22/h3-9,14,19,21,23-24,28,30,36H,10-13,15-18,20H2,1-2H3,(H,37,41). The number of aromatic nitrogens is 2. The summed E-state index contributed by atoms with van der Waals surface area (Å²) in [7, 11) is 1.57. The van der Waals surface area contributed by atoms with E-state index >= 15 is 8.78 Å². The number of urea groups is 1. The molecule has 5 rings (SSSR count). The van der Waals surface area contributed by atoms with E-state index in [1.165, 1.54) is 0 Å². The lowest BCUT2D eigenvalue weighted by Gasteiger charge is -2.40. The van der Waals surface area contributed by atoms with E-state index in [-0.39, 0.29) is 42.3 Å². The zero-order valence-electron chi connectivity index (χ0n) is 24.6. The number of hydrogen-bond acceptors (Lipinski definition) is 5. The van der Waals surface area contributed by atoms with Crippen molar-refractivity contribution in [3.63, 3.8) is 0 Å². The minimum absolute atomic E-state index is 0.0346. The lowest BCUT2D eigenvalue weighted by atomic mass is 9.89. The monoisotopic (exact) mass is 599 g/mol. The first-order valence-electron chi connectivity index (χ1n) is 14.9. The Morgan fingerprint density at radius 2 is 1.95 bits per heavy atom. The number of amides is 2. The Kier molecular flexibility index (Phi) is 10.4. The molecule has 2 N–H and O–H groups in total. The fourth-order valence-corrected chi connectivity index (χ4v) is 6.07. The molecule has 1 aromatic heterocycles. The zero-order valence-corrected chi connectivity index (χ0v) is 24.6. The Morgan fingerprint density at radius 1 is 1.19 bits per heavy atom. The van der Waals surface area contributed by atoms with Gasteiger partial charge >= 0.3 is 6.03 Å². The molecule has 0 spiro atoms. The van der Waals surface area contributed by atoms with E-state index < -0.39 is 29.8 Å². The molecule has 3 aromatic rings. The first-order valence-corrected chi connectivity index (χ1v) is 14.9. The Labute approximate surface area is 250 Å². The maximum Gasteiger partial charge on any atom is 0.318 e. The molecule has 0 bridgehead atoms. The summed E-state index contributed by atoms with van der Waals surface area (Å²) in [6, 6.07) is 11.8. The molecular weight excluding hydrogens is 559 g/mol. The van der Waals surface area contributed by atoms with Crippen molar-refractivity contribution in [2.75, 3.05) is 46.6 Å². The van der Waals surface area contributed by atoms with Gasteiger partial charge in [-0.05, 0) is 49.4 Å². The molecular formula is C32H40F3N5O3. The number of imidazole rings is 1. The number of rotatable bonds is 11. The first-order chi connectivity index (χ1) is 20.8. The molecule has 0 aliphatic carbocycles. The molecule has 43 heavy (non-hydrogen) atoms. The third-order valence-corrected chi connectivity index (χ3v) is 8.26. The average molecular weight is 600 g/mol. The molecule has 8 nitrogen and oxygen atoms in total. The number of carbonyl (C=O) groups is 1. The van der Waals surface area contributed by atoms with Crippen molar-refractivity contribution in [1.82, 2.24) is 25.1 Å². The second-order valence-corrected chi connectivity index (χ2v) is 11.5. The van der Waals surface area contributed by atoms with E-state index in [1.54, 1.807) is 18.2 Å². The van der Waals surface area contributed by atoms with E-state index in [2.05, 4.69) is 10.6 Å². The SMILES string of the molecule is COCC(C)NC(=O)N(CC1CNCC1F)C(c1nc(-c2cc(F)ccc2F)cn1Cc1ccccc1)C1CCOCC1. The van der Waals surface area contributed by atoms with Gasteiger partial charge in [0, 0.05) is 64.2 Å². The van der Waals surface area contributed by atoms with E-state index in [0.29, 0.717) is 51.6 Å². The van der Waals surface area contributed by atoms with Crippen molar-refractivity contribution in [1.29, 1.82) is 0 Å². The summed E-state index contributed by atoms with van der Waals surface area (Å²) in [5.74, 6) is -1.12. The number of alkyl halides is 1. The highest BCUT2D eigenvalue weighted by atomic mass is 19.1. The number of carbonyl (C=O) groups excluding carboxylic acids is 1. The summed E-state index contributed by atoms with van der Waals surface area (Å²) >= 11 is 0. The maximum absolute atomic E-state index is 15.0. The summed E-state index contributed by atoms with van der Waals surface area (Å²) in [5, 5.41) is 6.12. The van der Waals surface area contributed by atoms with Gasteiger partial charge in [0.1, 0.15) is 23.6 Å². The van der Waals surface area contributed by atoms with Crippen LogP contribution in [-0.4, -0.2) is 79.3 Å². The predicted octanol–water partition coefficient (Wildman–Crippen LogP) is 4.95. The van der Waals surface area contributed by atoms with E-state index in [1.807, 2.05) is 41.8 Å². The number of hydrogen-bond donors (Lipinski definition) is 2. The number of methoxy groups -OCH3 is 1.